The number of methoxy groups -OCH3 is 1. The van der Waals surface area contributed by atoms with Crippen molar-refractivity contribution in [2.24, 2.45) is 0 Å². The predicted octanol–water partition coefficient (Wildman–Crippen LogP) is 4.56. The van der Waals surface area contributed by atoms with Crippen LogP contribution >= 0.6 is 0 Å². The molecule has 0 aliphatic heterocycles. The number of para-hydroxylation sites is 2. The smallest absolute Gasteiger partial charge is 0.149 e. The van der Waals surface area contributed by atoms with Crippen molar-refractivity contribution in [3.8, 4) is 5.75 Å². The van der Waals surface area contributed by atoms with Gasteiger partial charge in [0.2, 0.25) is 0 Å². The lowest BCUT2D eigenvalue weighted by Gasteiger charge is -2.19. The van der Waals surface area contributed by atoms with Crippen LogP contribution < -0.4 is 10.1 Å². The fourth-order valence-corrected chi connectivity index (χ4v) is 2.60. The zero-order valence-electron chi connectivity index (χ0n) is 12.5. The number of hydrogen-bond donors (Lipinski definition) is 1. The first-order valence-electron chi connectivity index (χ1n) is 7.13. The van der Waals surface area contributed by atoms with Gasteiger partial charge in [0.05, 0.1) is 13.2 Å². The maximum Gasteiger partial charge on any atom is 0.149 e. The number of nitrogens with one attached hydrogen (secondary N) is 1. The van der Waals surface area contributed by atoms with Crippen molar-refractivity contribution < 1.29 is 9.13 Å². The molecule has 0 saturated carbocycles. The number of benzene rings is 2. The summed E-state index contributed by atoms with van der Waals surface area (Å²) in [6.45, 7) is 2.05. The van der Waals surface area contributed by atoms with E-state index in [2.05, 4.69) is 10.3 Å². The topological polar surface area (TPSA) is 34.1 Å². The molecule has 0 fully saturated rings. The van der Waals surface area contributed by atoms with Crippen molar-refractivity contribution >= 4 is 16.6 Å². The third kappa shape index (κ3) is 2.60. The largest absolute Gasteiger partial charge is 0.496 e. The van der Waals surface area contributed by atoms with Gasteiger partial charge in [0, 0.05) is 22.8 Å². The number of fused-ring (bicyclic) bond motifs is 1. The molecule has 0 aliphatic rings. The van der Waals surface area contributed by atoms with Crippen LogP contribution in [0.25, 0.3) is 10.9 Å². The molecule has 3 nitrogen and oxygen atoms in total. The molecule has 3 aromatic rings. The van der Waals surface area contributed by atoms with Crippen LogP contribution in [0.5, 0.6) is 5.75 Å². The Kier molecular flexibility index (Phi) is 3.92. The summed E-state index contributed by atoms with van der Waals surface area (Å²) >= 11 is 0. The molecule has 3 rings (SSSR count). The average Bonchev–Trinajstić information content (AvgIpc) is 2.55. The van der Waals surface area contributed by atoms with E-state index in [4.69, 9.17) is 4.74 Å². The lowest BCUT2D eigenvalue weighted by molar-refractivity contribution is 0.408. The van der Waals surface area contributed by atoms with Gasteiger partial charge in [-0.15, -0.1) is 0 Å². The van der Waals surface area contributed by atoms with Gasteiger partial charge in [0.25, 0.3) is 0 Å². The Morgan fingerprint density at radius 3 is 2.73 bits per heavy atom. The molecule has 1 heterocycles. The highest BCUT2D eigenvalue weighted by Gasteiger charge is 2.13. The van der Waals surface area contributed by atoms with Gasteiger partial charge in [-0.3, -0.25) is 4.98 Å². The first-order valence-corrected chi connectivity index (χ1v) is 7.13. The van der Waals surface area contributed by atoms with E-state index < -0.39 is 0 Å². The summed E-state index contributed by atoms with van der Waals surface area (Å²) in [5, 5.41) is 4.18. The van der Waals surface area contributed by atoms with Crippen molar-refractivity contribution in [2.75, 3.05) is 12.4 Å². The summed E-state index contributed by atoms with van der Waals surface area (Å²) in [4.78, 5) is 4.12. The Morgan fingerprint density at radius 2 is 1.91 bits per heavy atom. The summed E-state index contributed by atoms with van der Waals surface area (Å²) < 4.78 is 19.2. The molecule has 0 aliphatic carbocycles. The molecule has 1 atom stereocenters. The second-order valence-electron chi connectivity index (χ2n) is 5.10. The Hall–Kier alpha value is -2.62. The Morgan fingerprint density at radius 1 is 1.09 bits per heavy atom. The van der Waals surface area contributed by atoms with Crippen molar-refractivity contribution in [1.29, 1.82) is 0 Å². The number of halogens is 1. The highest BCUT2D eigenvalue weighted by Crippen LogP contribution is 2.30. The van der Waals surface area contributed by atoms with Crippen LogP contribution in [0.4, 0.5) is 10.1 Å². The number of pyridine rings is 1. The van der Waals surface area contributed by atoms with Gasteiger partial charge in [0.1, 0.15) is 17.1 Å². The van der Waals surface area contributed by atoms with Gasteiger partial charge < -0.3 is 10.1 Å². The van der Waals surface area contributed by atoms with Crippen LogP contribution in [-0.2, 0) is 0 Å². The molecule has 0 saturated heterocycles. The minimum absolute atomic E-state index is 0.0185. The lowest BCUT2D eigenvalue weighted by atomic mass is 10.1. The molecule has 112 valence electrons. The normalized spacial score (nSPS) is 12.1. The van der Waals surface area contributed by atoms with E-state index in [1.54, 1.807) is 19.4 Å². The fraction of sp³-hybridized carbons (Fsp3) is 0.167. The summed E-state index contributed by atoms with van der Waals surface area (Å²) in [6, 6.07) is 14.7. The quantitative estimate of drug-likeness (QED) is 0.766. The van der Waals surface area contributed by atoms with Gasteiger partial charge in [-0.2, -0.15) is 0 Å². The monoisotopic (exact) mass is 296 g/mol. The number of anilines is 1. The van der Waals surface area contributed by atoms with E-state index in [9.17, 15) is 4.39 Å². The van der Waals surface area contributed by atoms with Crippen LogP contribution in [0.2, 0.25) is 0 Å². The third-order valence-corrected chi connectivity index (χ3v) is 3.70. The first kappa shape index (κ1) is 14.3. The first-order chi connectivity index (χ1) is 10.7. The van der Waals surface area contributed by atoms with Gasteiger partial charge in [-0.25, -0.2) is 4.39 Å². The second-order valence-corrected chi connectivity index (χ2v) is 5.10. The van der Waals surface area contributed by atoms with Gasteiger partial charge >= 0.3 is 0 Å². The summed E-state index contributed by atoms with van der Waals surface area (Å²) in [5.74, 6) is 0.512. The zero-order valence-corrected chi connectivity index (χ0v) is 12.5. The van der Waals surface area contributed by atoms with Crippen molar-refractivity contribution in [3.05, 3.63) is 66.1 Å². The molecular weight excluding hydrogens is 279 g/mol. The molecule has 22 heavy (non-hydrogen) atoms. The summed E-state index contributed by atoms with van der Waals surface area (Å²) in [6.07, 6.45) is 1.61. The van der Waals surface area contributed by atoms with E-state index in [1.807, 2.05) is 43.3 Å². The molecule has 0 radical (unpaired) electrons. The maximum atomic E-state index is 13.8. The summed E-state index contributed by atoms with van der Waals surface area (Å²) in [7, 11) is 1.66. The Balaban J connectivity index is 1.98. The zero-order chi connectivity index (χ0) is 15.5. The molecule has 1 unspecified atom stereocenters. The second kappa shape index (κ2) is 6.02. The SMILES string of the molecule is COc1ccccc1C(C)Nc1ccnc2c(F)cccc12. The van der Waals surface area contributed by atoms with E-state index in [-0.39, 0.29) is 11.9 Å². The van der Waals surface area contributed by atoms with Crippen molar-refractivity contribution in [1.82, 2.24) is 4.98 Å². The lowest BCUT2D eigenvalue weighted by Crippen LogP contribution is -2.08. The van der Waals surface area contributed by atoms with Crippen LogP contribution in [0, 0.1) is 5.82 Å². The van der Waals surface area contributed by atoms with Crippen LogP contribution in [-0.4, -0.2) is 12.1 Å². The predicted molar refractivity (Wildman–Crippen MR) is 86.7 cm³/mol. The molecule has 4 heteroatoms. The molecule has 0 spiro atoms. The molecule has 0 amide bonds. The molecule has 1 aromatic heterocycles. The fourth-order valence-electron chi connectivity index (χ4n) is 2.60. The van der Waals surface area contributed by atoms with Crippen LogP contribution in [0.1, 0.15) is 18.5 Å². The number of nitrogens with zero attached hydrogens (tertiary/aromatic N) is 1. The van der Waals surface area contributed by atoms with Crippen LogP contribution in [0.3, 0.4) is 0 Å². The molecule has 2 aromatic carbocycles. The molecular formula is C18H17FN2O. The highest BCUT2D eigenvalue weighted by atomic mass is 19.1. The standard InChI is InChI=1S/C18H17FN2O/c1-12(13-6-3-4-9-17(13)22-2)21-16-10-11-20-18-14(16)7-5-8-15(18)19/h3-12H,1-2H3,(H,20,21). The third-order valence-electron chi connectivity index (χ3n) is 3.70. The average molecular weight is 296 g/mol. The highest BCUT2D eigenvalue weighted by molar-refractivity contribution is 5.91. The van der Waals surface area contributed by atoms with E-state index in [0.717, 1.165) is 22.4 Å². The number of hydrogen-bond acceptors (Lipinski definition) is 3. The number of aromatic nitrogens is 1. The Bertz CT molecular complexity index is 804. The molecule has 0 bridgehead atoms. The minimum Gasteiger partial charge on any atom is -0.496 e. The molecule has 1 N–H and O–H groups in total. The van der Waals surface area contributed by atoms with Crippen molar-refractivity contribution in [3.63, 3.8) is 0 Å². The Labute approximate surface area is 128 Å². The van der Waals surface area contributed by atoms with Gasteiger partial charge in [-0.05, 0) is 25.1 Å². The van der Waals surface area contributed by atoms with E-state index >= 15 is 0 Å². The van der Waals surface area contributed by atoms with E-state index in [0.29, 0.717) is 5.52 Å². The maximum absolute atomic E-state index is 13.8. The van der Waals surface area contributed by atoms with Crippen molar-refractivity contribution in [2.45, 2.75) is 13.0 Å². The number of ether oxygens (including phenoxy) is 1. The van der Waals surface area contributed by atoms with E-state index in [1.165, 1.54) is 6.07 Å². The van der Waals surface area contributed by atoms with Gasteiger partial charge in [0.15, 0.2) is 0 Å². The summed E-state index contributed by atoms with van der Waals surface area (Å²) in [5.41, 5.74) is 2.27. The minimum atomic E-state index is -0.314. The van der Waals surface area contributed by atoms with Gasteiger partial charge in [-0.1, -0.05) is 30.3 Å². The van der Waals surface area contributed by atoms with Crippen LogP contribution in [0.15, 0.2) is 54.7 Å². The number of rotatable bonds is 4.